The third-order valence-corrected chi connectivity index (χ3v) is 5.56. The highest BCUT2D eigenvalue weighted by Gasteiger charge is 2.19. The van der Waals surface area contributed by atoms with Gasteiger partial charge in [0.05, 0.1) is 4.90 Å². The standard InChI is InChI=1S/C18H24N2O3S2/c1-3-24-18(23-14-6-4-13(2)5-7-14)16-9-8-15(12-17(16)21)25(22)20-11-10-19/h4-9,12,18,20-21H,3,10-11,19H2,1-2H3. The van der Waals surface area contributed by atoms with Crippen LogP contribution in [0.4, 0.5) is 0 Å². The third-order valence-electron chi connectivity index (χ3n) is 3.43. The number of hydrogen-bond acceptors (Lipinski definition) is 5. The predicted molar refractivity (Wildman–Crippen MR) is 104 cm³/mol. The van der Waals surface area contributed by atoms with E-state index in [0.717, 1.165) is 17.1 Å². The first kappa shape index (κ1) is 19.8. The summed E-state index contributed by atoms with van der Waals surface area (Å²) in [6.07, 6.45) is 0. The average molecular weight is 381 g/mol. The van der Waals surface area contributed by atoms with E-state index in [1.165, 1.54) is 6.07 Å². The van der Waals surface area contributed by atoms with Crippen LogP contribution in [-0.2, 0) is 11.0 Å². The summed E-state index contributed by atoms with van der Waals surface area (Å²) in [5.41, 5.74) is 6.88. The Balaban J connectivity index is 2.19. The van der Waals surface area contributed by atoms with Gasteiger partial charge in [-0.3, -0.25) is 0 Å². The molecule has 5 nitrogen and oxygen atoms in total. The van der Waals surface area contributed by atoms with E-state index in [1.807, 2.05) is 38.1 Å². The molecular weight excluding hydrogens is 356 g/mol. The summed E-state index contributed by atoms with van der Waals surface area (Å²) in [6.45, 7) is 4.90. The molecule has 0 radical (unpaired) electrons. The number of ether oxygens (including phenoxy) is 1. The molecule has 0 spiro atoms. The molecule has 0 heterocycles. The van der Waals surface area contributed by atoms with Crippen LogP contribution in [0.15, 0.2) is 47.4 Å². The normalized spacial score (nSPS) is 13.4. The van der Waals surface area contributed by atoms with E-state index < -0.39 is 11.0 Å². The number of nitrogens with two attached hydrogens (primary N) is 1. The van der Waals surface area contributed by atoms with Crippen LogP contribution >= 0.6 is 11.8 Å². The van der Waals surface area contributed by atoms with Gasteiger partial charge < -0.3 is 15.6 Å². The molecule has 136 valence electrons. The highest BCUT2D eigenvalue weighted by Crippen LogP contribution is 2.37. The summed E-state index contributed by atoms with van der Waals surface area (Å²) < 4.78 is 20.9. The van der Waals surface area contributed by atoms with Gasteiger partial charge in [-0.05, 0) is 43.0 Å². The minimum absolute atomic E-state index is 0.0680. The van der Waals surface area contributed by atoms with E-state index >= 15 is 0 Å². The molecule has 25 heavy (non-hydrogen) atoms. The van der Waals surface area contributed by atoms with Crippen LogP contribution in [-0.4, -0.2) is 28.2 Å². The first-order valence-electron chi connectivity index (χ1n) is 8.08. The number of rotatable bonds is 9. The minimum Gasteiger partial charge on any atom is -0.507 e. The molecule has 0 saturated carbocycles. The van der Waals surface area contributed by atoms with E-state index in [1.54, 1.807) is 23.9 Å². The van der Waals surface area contributed by atoms with Crippen LogP contribution in [0, 0.1) is 6.92 Å². The number of aromatic hydroxyl groups is 1. The quantitative estimate of drug-likeness (QED) is 0.582. The summed E-state index contributed by atoms with van der Waals surface area (Å²) >= 11 is 1.58. The van der Waals surface area contributed by atoms with Crippen molar-refractivity contribution in [1.82, 2.24) is 4.72 Å². The average Bonchev–Trinajstić information content (AvgIpc) is 2.61. The molecule has 0 bridgehead atoms. The number of aryl methyl sites for hydroxylation is 1. The molecule has 0 aliphatic carbocycles. The summed E-state index contributed by atoms with van der Waals surface area (Å²) in [6, 6.07) is 12.8. The van der Waals surface area contributed by atoms with Gasteiger partial charge in [0.1, 0.15) is 22.5 Å². The van der Waals surface area contributed by atoms with Gasteiger partial charge in [-0.25, -0.2) is 8.93 Å². The molecule has 2 atom stereocenters. The monoisotopic (exact) mass is 380 g/mol. The lowest BCUT2D eigenvalue weighted by Crippen LogP contribution is -2.24. The zero-order chi connectivity index (χ0) is 18.2. The van der Waals surface area contributed by atoms with Crippen molar-refractivity contribution in [2.75, 3.05) is 18.8 Å². The summed E-state index contributed by atoms with van der Waals surface area (Å²) in [5, 5.41) is 10.4. The maximum atomic E-state index is 12.1. The smallest absolute Gasteiger partial charge is 0.173 e. The van der Waals surface area contributed by atoms with Crippen LogP contribution in [0.3, 0.4) is 0 Å². The number of nitrogens with one attached hydrogen (secondary N) is 1. The van der Waals surface area contributed by atoms with Gasteiger partial charge in [0, 0.05) is 18.7 Å². The lowest BCUT2D eigenvalue weighted by Gasteiger charge is -2.20. The molecule has 0 saturated heterocycles. The van der Waals surface area contributed by atoms with E-state index in [-0.39, 0.29) is 11.2 Å². The number of phenols is 1. The predicted octanol–water partition coefficient (Wildman–Crippen LogP) is 3.10. The fraction of sp³-hybridized carbons (Fsp3) is 0.333. The van der Waals surface area contributed by atoms with Crippen molar-refractivity contribution >= 4 is 22.7 Å². The topological polar surface area (TPSA) is 84.6 Å². The maximum Gasteiger partial charge on any atom is 0.173 e. The molecule has 7 heteroatoms. The maximum absolute atomic E-state index is 12.1. The largest absolute Gasteiger partial charge is 0.507 e. The van der Waals surface area contributed by atoms with E-state index in [2.05, 4.69) is 4.72 Å². The van der Waals surface area contributed by atoms with Crippen molar-refractivity contribution in [3.05, 3.63) is 53.6 Å². The molecular formula is C18H24N2O3S2. The minimum atomic E-state index is -1.40. The van der Waals surface area contributed by atoms with Crippen LogP contribution in [0.5, 0.6) is 11.5 Å². The Bertz CT molecular complexity index is 708. The molecule has 0 amide bonds. The third kappa shape index (κ3) is 5.74. The molecule has 2 unspecified atom stereocenters. The van der Waals surface area contributed by atoms with Gasteiger partial charge >= 0.3 is 0 Å². The van der Waals surface area contributed by atoms with E-state index in [0.29, 0.717) is 23.5 Å². The van der Waals surface area contributed by atoms with E-state index in [9.17, 15) is 9.32 Å². The van der Waals surface area contributed by atoms with Gasteiger partial charge in [0.2, 0.25) is 0 Å². The van der Waals surface area contributed by atoms with Crippen molar-refractivity contribution in [3.63, 3.8) is 0 Å². The number of thioether (sulfide) groups is 1. The lowest BCUT2D eigenvalue weighted by molar-refractivity contribution is 0.288. The lowest BCUT2D eigenvalue weighted by atomic mass is 10.2. The second-order valence-electron chi connectivity index (χ2n) is 5.39. The Labute approximate surface area is 155 Å². The van der Waals surface area contributed by atoms with Gasteiger partial charge in [-0.1, -0.05) is 24.6 Å². The first-order chi connectivity index (χ1) is 12.0. The molecule has 2 aromatic carbocycles. The Morgan fingerprint density at radius 2 is 2.00 bits per heavy atom. The molecule has 0 aromatic heterocycles. The highest BCUT2D eigenvalue weighted by molar-refractivity contribution is 7.99. The zero-order valence-corrected chi connectivity index (χ0v) is 16.0. The SMILES string of the molecule is CCSC(Oc1ccc(C)cc1)c1ccc(S(=O)NCCN)cc1O. The van der Waals surface area contributed by atoms with Crippen LogP contribution in [0.1, 0.15) is 23.5 Å². The van der Waals surface area contributed by atoms with Gasteiger partial charge in [0.15, 0.2) is 5.44 Å². The van der Waals surface area contributed by atoms with Crippen LogP contribution in [0.2, 0.25) is 0 Å². The first-order valence-corrected chi connectivity index (χ1v) is 10.3. The molecule has 2 aromatic rings. The molecule has 0 aliphatic heterocycles. The second-order valence-corrected chi connectivity index (χ2v) is 8.03. The molecule has 4 N–H and O–H groups in total. The number of hydrogen-bond donors (Lipinski definition) is 3. The molecule has 0 aliphatic rings. The summed E-state index contributed by atoms with van der Waals surface area (Å²) in [5.74, 6) is 1.65. The van der Waals surface area contributed by atoms with Crippen molar-refractivity contribution in [1.29, 1.82) is 0 Å². The molecule has 2 rings (SSSR count). The Morgan fingerprint density at radius 1 is 1.28 bits per heavy atom. The van der Waals surface area contributed by atoms with E-state index in [4.69, 9.17) is 10.5 Å². The molecule has 0 fully saturated rings. The summed E-state index contributed by atoms with van der Waals surface area (Å²) in [4.78, 5) is 0.505. The Kier molecular flexibility index (Phi) is 7.77. The fourth-order valence-electron chi connectivity index (χ4n) is 2.15. The van der Waals surface area contributed by atoms with Crippen molar-refractivity contribution < 1.29 is 14.1 Å². The zero-order valence-electron chi connectivity index (χ0n) is 14.4. The summed E-state index contributed by atoms with van der Waals surface area (Å²) in [7, 11) is -1.40. The fourth-order valence-corrected chi connectivity index (χ4v) is 3.89. The number of benzene rings is 2. The van der Waals surface area contributed by atoms with Crippen molar-refractivity contribution in [2.45, 2.75) is 24.2 Å². The van der Waals surface area contributed by atoms with Gasteiger partial charge in [-0.15, -0.1) is 11.8 Å². The highest BCUT2D eigenvalue weighted by atomic mass is 32.2. The van der Waals surface area contributed by atoms with Crippen molar-refractivity contribution in [2.24, 2.45) is 5.73 Å². The Hall–Kier alpha value is -1.54. The van der Waals surface area contributed by atoms with Crippen molar-refractivity contribution in [3.8, 4) is 11.5 Å². The van der Waals surface area contributed by atoms with Crippen LogP contribution < -0.4 is 15.2 Å². The van der Waals surface area contributed by atoms with Gasteiger partial charge in [-0.2, -0.15) is 0 Å². The number of phenolic OH excluding ortho intramolecular Hbond substituents is 1. The Morgan fingerprint density at radius 3 is 2.60 bits per heavy atom. The van der Waals surface area contributed by atoms with Crippen LogP contribution in [0.25, 0.3) is 0 Å². The second kappa shape index (κ2) is 9.82. The van der Waals surface area contributed by atoms with Gasteiger partial charge in [0.25, 0.3) is 0 Å².